The number of amides is 1. The summed E-state index contributed by atoms with van der Waals surface area (Å²) in [5.74, 6) is 0. The van der Waals surface area contributed by atoms with Gasteiger partial charge >= 0.3 is 6.09 Å². The lowest BCUT2D eigenvalue weighted by atomic mass is 9.99. The lowest BCUT2D eigenvalue weighted by Gasteiger charge is -2.37. The summed E-state index contributed by atoms with van der Waals surface area (Å²) >= 11 is 0. The number of benzene rings is 1. The molecule has 1 atom stereocenters. The van der Waals surface area contributed by atoms with Crippen LogP contribution in [-0.2, 0) is 11.2 Å². The zero-order valence-corrected chi connectivity index (χ0v) is 13.5. The topological polar surface area (TPSA) is 41.6 Å². The molecular formula is C17H26N2O2. The average Bonchev–Trinajstić information content (AvgIpc) is 2.40. The van der Waals surface area contributed by atoms with Crippen LogP contribution < -0.4 is 5.32 Å². The zero-order chi connectivity index (χ0) is 15.5. The molecule has 0 radical (unpaired) electrons. The minimum atomic E-state index is -0.449. The molecule has 1 N–H and O–H groups in total. The monoisotopic (exact) mass is 290 g/mol. The van der Waals surface area contributed by atoms with Crippen LogP contribution in [0.15, 0.2) is 24.3 Å². The Hall–Kier alpha value is -1.55. The molecule has 1 amide bonds. The maximum absolute atomic E-state index is 12.4. The van der Waals surface area contributed by atoms with Gasteiger partial charge in [-0.15, -0.1) is 0 Å². The number of hydrogen-bond acceptors (Lipinski definition) is 3. The van der Waals surface area contributed by atoms with Crippen molar-refractivity contribution in [3.63, 3.8) is 0 Å². The van der Waals surface area contributed by atoms with Gasteiger partial charge in [0.2, 0.25) is 0 Å². The molecule has 1 aliphatic heterocycles. The predicted octanol–water partition coefficient (Wildman–Crippen LogP) is 2.75. The summed E-state index contributed by atoms with van der Waals surface area (Å²) in [4.78, 5) is 14.2. The highest BCUT2D eigenvalue weighted by Gasteiger charge is 2.30. The van der Waals surface area contributed by atoms with Crippen molar-refractivity contribution < 1.29 is 9.53 Å². The third-order valence-corrected chi connectivity index (χ3v) is 3.70. The smallest absolute Gasteiger partial charge is 0.410 e. The van der Waals surface area contributed by atoms with E-state index in [0.29, 0.717) is 6.54 Å². The highest BCUT2D eigenvalue weighted by atomic mass is 16.6. The molecule has 0 bridgehead atoms. The summed E-state index contributed by atoms with van der Waals surface area (Å²) in [7, 11) is 0. The van der Waals surface area contributed by atoms with Gasteiger partial charge in [0, 0.05) is 19.6 Å². The summed E-state index contributed by atoms with van der Waals surface area (Å²) in [5.41, 5.74) is 2.11. The van der Waals surface area contributed by atoms with Crippen molar-refractivity contribution in [3.8, 4) is 0 Å². The van der Waals surface area contributed by atoms with Crippen LogP contribution >= 0.6 is 0 Å². The average molecular weight is 290 g/mol. The van der Waals surface area contributed by atoms with Gasteiger partial charge in [0.25, 0.3) is 0 Å². The maximum atomic E-state index is 12.4. The third-order valence-electron chi connectivity index (χ3n) is 3.70. The van der Waals surface area contributed by atoms with Crippen LogP contribution in [0.5, 0.6) is 0 Å². The lowest BCUT2D eigenvalue weighted by molar-refractivity contribution is 0.0121. The molecule has 1 aromatic carbocycles. The van der Waals surface area contributed by atoms with Crippen molar-refractivity contribution in [1.29, 1.82) is 0 Å². The van der Waals surface area contributed by atoms with E-state index in [9.17, 15) is 4.79 Å². The van der Waals surface area contributed by atoms with E-state index in [4.69, 9.17) is 4.74 Å². The number of carbonyl (C=O) groups is 1. The van der Waals surface area contributed by atoms with Gasteiger partial charge in [0.05, 0.1) is 6.04 Å². The molecule has 2 rings (SSSR count). The SMILES string of the molecule is Cc1ccccc1CC1CNCCN1C(=O)OC(C)(C)C. The first-order valence-electron chi connectivity index (χ1n) is 7.61. The maximum Gasteiger partial charge on any atom is 0.410 e. The number of carbonyl (C=O) groups excluding carboxylic acids is 1. The van der Waals surface area contributed by atoms with Crippen LogP contribution in [-0.4, -0.2) is 42.3 Å². The molecular weight excluding hydrogens is 264 g/mol. The highest BCUT2D eigenvalue weighted by Crippen LogP contribution is 2.17. The summed E-state index contributed by atoms with van der Waals surface area (Å²) < 4.78 is 5.53. The van der Waals surface area contributed by atoms with E-state index < -0.39 is 5.60 Å². The molecule has 0 aromatic heterocycles. The highest BCUT2D eigenvalue weighted by molar-refractivity contribution is 5.68. The van der Waals surface area contributed by atoms with Gasteiger partial charge in [-0.1, -0.05) is 24.3 Å². The molecule has 116 valence electrons. The van der Waals surface area contributed by atoms with Crippen molar-refractivity contribution >= 4 is 6.09 Å². The number of nitrogens with one attached hydrogen (secondary N) is 1. The first-order chi connectivity index (χ1) is 9.87. The minimum absolute atomic E-state index is 0.148. The Morgan fingerprint density at radius 3 is 2.76 bits per heavy atom. The fraction of sp³-hybridized carbons (Fsp3) is 0.588. The van der Waals surface area contributed by atoms with Gasteiger partial charge < -0.3 is 15.0 Å². The van der Waals surface area contributed by atoms with E-state index >= 15 is 0 Å². The van der Waals surface area contributed by atoms with Crippen molar-refractivity contribution in [2.75, 3.05) is 19.6 Å². The minimum Gasteiger partial charge on any atom is -0.444 e. The van der Waals surface area contributed by atoms with Crippen molar-refractivity contribution in [3.05, 3.63) is 35.4 Å². The van der Waals surface area contributed by atoms with Crippen LogP contribution in [0.25, 0.3) is 0 Å². The standard InChI is InChI=1S/C17H26N2O2/c1-13-7-5-6-8-14(13)11-15-12-18-9-10-19(15)16(20)21-17(2,3)4/h5-8,15,18H,9-12H2,1-4H3. The Morgan fingerprint density at radius 1 is 1.38 bits per heavy atom. The first-order valence-corrected chi connectivity index (χ1v) is 7.61. The Balaban J connectivity index is 2.09. The van der Waals surface area contributed by atoms with Gasteiger partial charge in [0.15, 0.2) is 0 Å². The summed E-state index contributed by atoms with van der Waals surface area (Å²) in [6, 6.07) is 8.50. The number of hydrogen-bond donors (Lipinski definition) is 1. The number of aryl methyl sites for hydroxylation is 1. The van der Waals surface area contributed by atoms with Crippen LogP contribution in [0.4, 0.5) is 4.79 Å². The fourth-order valence-electron chi connectivity index (χ4n) is 2.60. The lowest BCUT2D eigenvalue weighted by Crippen LogP contribution is -2.55. The van der Waals surface area contributed by atoms with Crippen LogP contribution in [0.2, 0.25) is 0 Å². The second-order valence-electron chi connectivity index (χ2n) is 6.66. The number of rotatable bonds is 2. The number of ether oxygens (including phenoxy) is 1. The van der Waals surface area contributed by atoms with Gasteiger partial charge in [-0.05, 0) is 45.2 Å². The van der Waals surface area contributed by atoms with Crippen LogP contribution in [0.3, 0.4) is 0 Å². The molecule has 4 heteroatoms. The van der Waals surface area contributed by atoms with E-state index in [1.165, 1.54) is 11.1 Å². The Bertz CT molecular complexity index is 494. The Morgan fingerprint density at radius 2 is 2.10 bits per heavy atom. The molecule has 1 aliphatic rings. The van der Waals surface area contributed by atoms with Crippen molar-refractivity contribution in [1.82, 2.24) is 10.2 Å². The summed E-state index contributed by atoms with van der Waals surface area (Å²) in [5, 5.41) is 3.37. The third kappa shape index (κ3) is 4.46. The van der Waals surface area contributed by atoms with Crippen molar-refractivity contribution in [2.24, 2.45) is 0 Å². The molecule has 0 aliphatic carbocycles. The second kappa shape index (κ2) is 6.48. The first kappa shape index (κ1) is 15.8. The molecule has 0 spiro atoms. The summed E-state index contributed by atoms with van der Waals surface area (Å²) in [6.45, 7) is 10.2. The Labute approximate surface area is 127 Å². The molecule has 0 saturated carbocycles. The number of piperazine rings is 1. The van der Waals surface area contributed by atoms with Gasteiger partial charge in [-0.3, -0.25) is 0 Å². The number of nitrogens with zero attached hydrogens (tertiary/aromatic N) is 1. The van der Waals surface area contributed by atoms with E-state index in [0.717, 1.165) is 19.5 Å². The molecule has 21 heavy (non-hydrogen) atoms. The largest absolute Gasteiger partial charge is 0.444 e. The zero-order valence-electron chi connectivity index (χ0n) is 13.5. The fourth-order valence-corrected chi connectivity index (χ4v) is 2.60. The molecule has 1 heterocycles. The second-order valence-corrected chi connectivity index (χ2v) is 6.66. The van der Waals surface area contributed by atoms with Crippen LogP contribution in [0, 0.1) is 6.92 Å². The van der Waals surface area contributed by atoms with E-state index in [-0.39, 0.29) is 12.1 Å². The van der Waals surface area contributed by atoms with Gasteiger partial charge in [0.1, 0.15) is 5.60 Å². The Kier molecular flexibility index (Phi) is 4.88. The summed E-state index contributed by atoms with van der Waals surface area (Å²) in [6.07, 6.45) is 0.654. The van der Waals surface area contributed by atoms with Crippen LogP contribution in [0.1, 0.15) is 31.9 Å². The normalized spacial score (nSPS) is 19.4. The van der Waals surface area contributed by atoms with Crippen molar-refractivity contribution in [2.45, 2.75) is 45.8 Å². The quantitative estimate of drug-likeness (QED) is 0.910. The van der Waals surface area contributed by atoms with E-state index in [2.05, 4.69) is 30.4 Å². The van der Waals surface area contributed by atoms with Gasteiger partial charge in [-0.25, -0.2) is 4.79 Å². The predicted molar refractivity (Wildman–Crippen MR) is 84.5 cm³/mol. The molecule has 1 unspecified atom stereocenters. The van der Waals surface area contributed by atoms with Gasteiger partial charge in [-0.2, -0.15) is 0 Å². The van der Waals surface area contributed by atoms with E-state index in [1.54, 1.807) is 0 Å². The molecule has 1 aromatic rings. The molecule has 4 nitrogen and oxygen atoms in total. The molecule has 1 fully saturated rings. The molecule has 1 saturated heterocycles. The van der Waals surface area contributed by atoms with E-state index in [1.807, 2.05) is 31.7 Å².